The molecule has 0 saturated carbocycles. The number of hydrogen-bond donors (Lipinski definition) is 0. The van der Waals surface area contributed by atoms with Crippen LogP contribution >= 0.6 is 15.9 Å². The summed E-state index contributed by atoms with van der Waals surface area (Å²) in [6.07, 6.45) is 3.73. The zero-order valence-electron chi connectivity index (χ0n) is 13.6. The molecule has 1 fully saturated rings. The minimum absolute atomic E-state index is 0.507. The molecule has 0 aliphatic carbocycles. The SMILES string of the molecule is Cc1cc(C)n(-c2nc(C)c(Br)c(N3CCCC[C@H]3C)n2)n1. The number of rotatable bonds is 2. The van der Waals surface area contributed by atoms with Crippen molar-refractivity contribution >= 4 is 21.7 Å². The van der Waals surface area contributed by atoms with E-state index in [1.807, 2.05) is 31.5 Å². The highest BCUT2D eigenvalue weighted by atomic mass is 79.9. The van der Waals surface area contributed by atoms with Gasteiger partial charge in [0.05, 0.1) is 15.9 Å². The first-order chi connectivity index (χ1) is 10.5. The highest BCUT2D eigenvalue weighted by molar-refractivity contribution is 9.10. The topological polar surface area (TPSA) is 46.8 Å². The molecular formula is C16H22BrN5. The molecule has 0 spiro atoms. The van der Waals surface area contributed by atoms with Crippen molar-refractivity contribution < 1.29 is 0 Å². The fraction of sp³-hybridized carbons (Fsp3) is 0.562. The van der Waals surface area contributed by atoms with Gasteiger partial charge in [-0.05, 0) is 69.0 Å². The van der Waals surface area contributed by atoms with E-state index in [4.69, 9.17) is 4.98 Å². The second-order valence-corrected chi connectivity index (χ2v) is 6.92. The Balaban J connectivity index is 2.09. The normalized spacial score (nSPS) is 18.8. The highest BCUT2D eigenvalue weighted by Gasteiger charge is 2.24. The van der Waals surface area contributed by atoms with E-state index >= 15 is 0 Å². The Morgan fingerprint density at radius 1 is 1.18 bits per heavy atom. The molecular weight excluding hydrogens is 342 g/mol. The Hall–Kier alpha value is -1.43. The summed E-state index contributed by atoms with van der Waals surface area (Å²) in [4.78, 5) is 11.8. The van der Waals surface area contributed by atoms with Crippen LogP contribution in [0.15, 0.2) is 10.5 Å². The van der Waals surface area contributed by atoms with Gasteiger partial charge >= 0.3 is 0 Å². The maximum absolute atomic E-state index is 4.82. The molecule has 5 nitrogen and oxygen atoms in total. The third-order valence-electron chi connectivity index (χ3n) is 4.26. The van der Waals surface area contributed by atoms with Gasteiger partial charge in [0.1, 0.15) is 5.82 Å². The summed E-state index contributed by atoms with van der Waals surface area (Å²) in [6.45, 7) is 9.35. The van der Waals surface area contributed by atoms with E-state index in [0.29, 0.717) is 12.0 Å². The van der Waals surface area contributed by atoms with E-state index in [-0.39, 0.29) is 0 Å². The van der Waals surface area contributed by atoms with Crippen molar-refractivity contribution in [1.82, 2.24) is 19.7 Å². The van der Waals surface area contributed by atoms with Gasteiger partial charge in [0.15, 0.2) is 0 Å². The summed E-state index contributed by atoms with van der Waals surface area (Å²) in [5, 5.41) is 4.51. The Morgan fingerprint density at radius 3 is 2.59 bits per heavy atom. The summed E-state index contributed by atoms with van der Waals surface area (Å²) >= 11 is 3.68. The lowest BCUT2D eigenvalue weighted by molar-refractivity contribution is 0.479. The van der Waals surface area contributed by atoms with E-state index in [0.717, 1.165) is 33.9 Å². The van der Waals surface area contributed by atoms with Crippen molar-refractivity contribution in [3.8, 4) is 5.95 Å². The molecule has 0 amide bonds. The molecule has 2 aromatic heterocycles. The monoisotopic (exact) mass is 363 g/mol. The van der Waals surface area contributed by atoms with Gasteiger partial charge in [-0.25, -0.2) is 9.67 Å². The number of halogens is 1. The van der Waals surface area contributed by atoms with E-state index in [9.17, 15) is 0 Å². The van der Waals surface area contributed by atoms with Gasteiger partial charge in [-0.1, -0.05) is 0 Å². The predicted octanol–water partition coefficient (Wildman–Crippen LogP) is 3.73. The molecule has 0 N–H and O–H groups in total. The van der Waals surface area contributed by atoms with Crippen molar-refractivity contribution in [2.45, 2.75) is 53.0 Å². The Bertz CT molecular complexity index is 694. The first kappa shape index (κ1) is 15.5. The zero-order valence-corrected chi connectivity index (χ0v) is 15.2. The van der Waals surface area contributed by atoms with Crippen LogP contribution in [0.3, 0.4) is 0 Å². The largest absolute Gasteiger partial charge is 0.353 e. The minimum atomic E-state index is 0.507. The Morgan fingerprint density at radius 2 is 1.95 bits per heavy atom. The molecule has 118 valence electrons. The van der Waals surface area contributed by atoms with Crippen molar-refractivity contribution in [3.05, 3.63) is 27.6 Å². The molecule has 1 aliphatic heterocycles. The summed E-state index contributed by atoms with van der Waals surface area (Å²) in [5.74, 6) is 1.64. The van der Waals surface area contributed by atoms with Gasteiger partial charge in [-0.15, -0.1) is 0 Å². The predicted molar refractivity (Wildman–Crippen MR) is 91.7 cm³/mol. The maximum atomic E-state index is 4.82. The first-order valence-corrected chi connectivity index (χ1v) is 8.61. The fourth-order valence-corrected chi connectivity index (χ4v) is 3.46. The number of nitrogens with zero attached hydrogens (tertiary/aromatic N) is 5. The van der Waals surface area contributed by atoms with Crippen molar-refractivity contribution in [2.24, 2.45) is 0 Å². The molecule has 1 saturated heterocycles. The van der Waals surface area contributed by atoms with Crippen LogP contribution in [0.1, 0.15) is 43.3 Å². The molecule has 0 aromatic carbocycles. The van der Waals surface area contributed by atoms with E-state index in [2.05, 4.69) is 37.8 Å². The smallest absolute Gasteiger partial charge is 0.253 e. The second-order valence-electron chi connectivity index (χ2n) is 6.12. The van der Waals surface area contributed by atoms with Gasteiger partial charge in [-0.3, -0.25) is 0 Å². The quantitative estimate of drug-likeness (QED) is 0.815. The summed E-state index contributed by atoms with van der Waals surface area (Å²) in [7, 11) is 0. The lowest BCUT2D eigenvalue weighted by Crippen LogP contribution is -2.38. The second kappa shape index (κ2) is 5.99. The van der Waals surface area contributed by atoms with Crippen LogP contribution in [0.5, 0.6) is 0 Å². The Labute approximate surface area is 139 Å². The van der Waals surface area contributed by atoms with Crippen LogP contribution < -0.4 is 4.90 Å². The fourth-order valence-electron chi connectivity index (χ4n) is 3.06. The first-order valence-electron chi connectivity index (χ1n) is 7.82. The van der Waals surface area contributed by atoms with Crippen LogP contribution in [-0.4, -0.2) is 32.3 Å². The van der Waals surface area contributed by atoms with E-state index in [1.54, 1.807) is 0 Å². The van der Waals surface area contributed by atoms with Crippen molar-refractivity contribution in [1.29, 1.82) is 0 Å². The maximum Gasteiger partial charge on any atom is 0.253 e. The molecule has 0 unspecified atom stereocenters. The van der Waals surface area contributed by atoms with Gasteiger partial charge in [0, 0.05) is 18.3 Å². The molecule has 1 atom stereocenters. The molecule has 0 bridgehead atoms. The zero-order chi connectivity index (χ0) is 15.9. The minimum Gasteiger partial charge on any atom is -0.353 e. The molecule has 3 heterocycles. The van der Waals surface area contributed by atoms with Crippen LogP contribution in [0, 0.1) is 20.8 Å². The number of aryl methyl sites for hydroxylation is 3. The number of aromatic nitrogens is 4. The van der Waals surface area contributed by atoms with Crippen LogP contribution in [-0.2, 0) is 0 Å². The molecule has 1 aliphatic rings. The molecule has 0 radical (unpaired) electrons. The number of hydrogen-bond acceptors (Lipinski definition) is 4. The van der Waals surface area contributed by atoms with Crippen molar-refractivity contribution in [3.63, 3.8) is 0 Å². The summed E-state index contributed by atoms with van der Waals surface area (Å²) in [6, 6.07) is 2.55. The van der Waals surface area contributed by atoms with Crippen molar-refractivity contribution in [2.75, 3.05) is 11.4 Å². The van der Waals surface area contributed by atoms with Crippen LogP contribution in [0.2, 0.25) is 0 Å². The van der Waals surface area contributed by atoms with Gasteiger partial charge in [0.25, 0.3) is 5.95 Å². The molecule has 6 heteroatoms. The third-order valence-corrected chi connectivity index (χ3v) is 5.19. The molecule has 2 aromatic rings. The van der Waals surface area contributed by atoms with Gasteiger partial charge in [-0.2, -0.15) is 10.1 Å². The average Bonchev–Trinajstić information content (AvgIpc) is 2.81. The summed E-state index contributed by atoms with van der Waals surface area (Å²) in [5.41, 5.74) is 2.98. The van der Waals surface area contributed by atoms with E-state index in [1.165, 1.54) is 19.3 Å². The van der Waals surface area contributed by atoms with Gasteiger partial charge in [0.2, 0.25) is 0 Å². The molecule has 3 rings (SSSR count). The highest BCUT2D eigenvalue weighted by Crippen LogP contribution is 2.32. The molecule has 22 heavy (non-hydrogen) atoms. The average molecular weight is 364 g/mol. The third kappa shape index (κ3) is 2.76. The summed E-state index contributed by atoms with van der Waals surface area (Å²) < 4.78 is 2.82. The lowest BCUT2D eigenvalue weighted by Gasteiger charge is -2.35. The number of anilines is 1. The number of piperidine rings is 1. The standard InChI is InChI=1S/C16H22BrN5/c1-10-9-12(3)22(20-10)16-18-13(4)14(17)15(19-16)21-8-6-5-7-11(21)2/h9,11H,5-8H2,1-4H3/t11-/m1/s1. The lowest BCUT2D eigenvalue weighted by atomic mass is 10.0. The van der Waals surface area contributed by atoms with Crippen LogP contribution in [0.4, 0.5) is 5.82 Å². The van der Waals surface area contributed by atoms with E-state index < -0.39 is 0 Å². The van der Waals surface area contributed by atoms with Crippen LogP contribution in [0.25, 0.3) is 5.95 Å². The Kier molecular flexibility index (Phi) is 4.21. The van der Waals surface area contributed by atoms with Gasteiger partial charge < -0.3 is 4.90 Å².